The Balaban J connectivity index is 2.90. The van der Waals surface area contributed by atoms with Crippen LogP contribution in [0.2, 0.25) is 0 Å². The van der Waals surface area contributed by atoms with Crippen LogP contribution in [-0.2, 0) is 4.79 Å². The number of anilines is 1. The standard InChI is InChI=1S/C18H29N3O2/c1-6-11-21(12-7-2)14(4)17(22)20-16-10-8-9-15(13(16)3)18(23)19-5/h8-10,14H,6-7,11-12H2,1-5H3,(H,19,23)(H,20,22)/t14-/m0/s1. The number of carbonyl (C=O) groups is 2. The Morgan fingerprint density at radius 3 is 2.30 bits per heavy atom. The third-order valence-electron chi connectivity index (χ3n) is 4.01. The molecule has 0 spiro atoms. The molecular formula is C18H29N3O2. The smallest absolute Gasteiger partial charge is 0.251 e. The SMILES string of the molecule is CCCN(CCC)[C@@H](C)C(=O)Nc1cccc(C(=O)NC)c1C. The van der Waals surface area contributed by atoms with Crippen LogP contribution in [0, 0.1) is 6.92 Å². The maximum Gasteiger partial charge on any atom is 0.251 e. The van der Waals surface area contributed by atoms with E-state index in [1.165, 1.54) is 0 Å². The Bertz CT molecular complexity index is 537. The molecule has 2 N–H and O–H groups in total. The van der Waals surface area contributed by atoms with E-state index >= 15 is 0 Å². The Kier molecular flexibility index (Phi) is 7.75. The number of hydrogen-bond acceptors (Lipinski definition) is 3. The van der Waals surface area contributed by atoms with Crippen LogP contribution in [0.3, 0.4) is 0 Å². The van der Waals surface area contributed by atoms with Crippen LogP contribution < -0.4 is 10.6 Å². The second kappa shape index (κ2) is 9.30. The molecule has 5 nitrogen and oxygen atoms in total. The molecule has 0 saturated carbocycles. The third kappa shape index (κ3) is 5.06. The predicted octanol–water partition coefficient (Wildman–Crippen LogP) is 2.80. The van der Waals surface area contributed by atoms with Gasteiger partial charge in [-0.2, -0.15) is 0 Å². The first-order valence-corrected chi connectivity index (χ1v) is 8.32. The van der Waals surface area contributed by atoms with Crippen molar-refractivity contribution in [2.75, 3.05) is 25.5 Å². The van der Waals surface area contributed by atoms with Gasteiger partial charge in [-0.1, -0.05) is 19.9 Å². The second-order valence-corrected chi connectivity index (χ2v) is 5.76. The molecular weight excluding hydrogens is 290 g/mol. The average molecular weight is 319 g/mol. The fourth-order valence-corrected chi connectivity index (χ4v) is 2.63. The first kappa shape index (κ1) is 19.2. The molecule has 0 aliphatic carbocycles. The van der Waals surface area contributed by atoms with E-state index < -0.39 is 0 Å². The van der Waals surface area contributed by atoms with Gasteiger partial charge in [0.05, 0.1) is 6.04 Å². The molecule has 5 heteroatoms. The lowest BCUT2D eigenvalue weighted by Gasteiger charge is -2.27. The number of rotatable bonds is 8. The van der Waals surface area contributed by atoms with Crippen molar-refractivity contribution in [1.82, 2.24) is 10.2 Å². The van der Waals surface area contributed by atoms with E-state index in [4.69, 9.17) is 0 Å². The number of carbonyl (C=O) groups excluding carboxylic acids is 2. The normalized spacial score (nSPS) is 12.1. The molecule has 1 rings (SSSR count). The number of amides is 2. The summed E-state index contributed by atoms with van der Waals surface area (Å²) in [5.74, 6) is -0.186. The van der Waals surface area contributed by atoms with E-state index in [2.05, 4.69) is 29.4 Å². The number of benzene rings is 1. The van der Waals surface area contributed by atoms with Crippen molar-refractivity contribution in [2.45, 2.75) is 46.6 Å². The van der Waals surface area contributed by atoms with Crippen LogP contribution in [0.1, 0.15) is 49.5 Å². The van der Waals surface area contributed by atoms with Gasteiger partial charge in [0.25, 0.3) is 5.91 Å². The van der Waals surface area contributed by atoms with Crippen LogP contribution >= 0.6 is 0 Å². The largest absolute Gasteiger partial charge is 0.355 e. The molecule has 0 bridgehead atoms. The van der Waals surface area contributed by atoms with Gasteiger partial charge < -0.3 is 10.6 Å². The molecule has 0 fully saturated rings. The molecule has 1 aromatic carbocycles. The highest BCUT2D eigenvalue weighted by molar-refractivity contribution is 6.00. The Hall–Kier alpha value is -1.88. The number of hydrogen-bond donors (Lipinski definition) is 2. The summed E-state index contributed by atoms with van der Waals surface area (Å²) in [7, 11) is 1.60. The number of nitrogens with one attached hydrogen (secondary N) is 2. The van der Waals surface area contributed by atoms with Gasteiger partial charge in [-0.15, -0.1) is 0 Å². The van der Waals surface area contributed by atoms with E-state index in [-0.39, 0.29) is 17.9 Å². The van der Waals surface area contributed by atoms with Crippen LogP contribution in [0.15, 0.2) is 18.2 Å². The zero-order chi connectivity index (χ0) is 17.4. The molecule has 0 aromatic heterocycles. The molecule has 0 unspecified atom stereocenters. The van der Waals surface area contributed by atoms with E-state index in [0.29, 0.717) is 11.3 Å². The Labute approximate surface area is 139 Å². The van der Waals surface area contributed by atoms with Crippen LogP contribution in [-0.4, -0.2) is 42.9 Å². The zero-order valence-corrected chi connectivity index (χ0v) is 14.9. The summed E-state index contributed by atoms with van der Waals surface area (Å²) in [4.78, 5) is 26.6. The molecule has 0 aliphatic rings. The van der Waals surface area contributed by atoms with E-state index in [1.807, 2.05) is 19.9 Å². The van der Waals surface area contributed by atoms with Gasteiger partial charge in [-0.05, 0) is 57.5 Å². The molecule has 0 heterocycles. The zero-order valence-electron chi connectivity index (χ0n) is 14.9. The van der Waals surface area contributed by atoms with Crippen molar-refractivity contribution in [2.24, 2.45) is 0 Å². The second-order valence-electron chi connectivity index (χ2n) is 5.76. The van der Waals surface area contributed by atoms with E-state index in [9.17, 15) is 9.59 Å². The van der Waals surface area contributed by atoms with E-state index in [1.54, 1.807) is 19.2 Å². The van der Waals surface area contributed by atoms with Crippen LogP contribution in [0.5, 0.6) is 0 Å². The average Bonchev–Trinajstić information content (AvgIpc) is 2.55. The summed E-state index contributed by atoms with van der Waals surface area (Å²) >= 11 is 0. The minimum Gasteiger partial charge on any atom is -0.355 e. The fraction of sp³-hybridized carbons (Fsp3) is 0.556. The lowest BCUT2D eigenvalue weighted by Crippen LogP contribution is -2.43. The highest BCUT2D eigenvalue weighted by Crippen LogP contribution is 2.19. The van der Waals surface area contributed by atoms with Gasteiger partial charge >= 0.3 is 0 Å². The topological polar surface area (TPSA) is 61.4 Å². The predicted molar refractivity (Wildman–Crippen MR) is 94.8 cm³/mol. The minimum atomic E-state index is -0.196. The lowest BCUT2D eigenvalue weighted by molar-refractivity contribution is -0.120. The highest BCUT2D eigenvalue weighted by Gasteiger charge is 2.21. The molecule has 0 radical (unpaired) electrons. The van der Waals surface area contributed by atoms with Crippen molar-refractivity contribution in [3.63, 3.8) is 0 Å². The van der Waals surface area contributed by atoms with E-state index in [0.717, 1.165) is 31.5 Å². The van der Waals surface area contributed by atoms with Crippen molar-refractivity contribution < 1.29 is 9.59 Å². The first-order valence-electron chi connectivity index (χ1n) is 8.32. The quantitative estimate of drug-likeness (QED) is 0.774. The molecule has 0 saturated heterocycles. The summed E-state index contributed by atoms with van der Waals surface area (Å²) in [6, 6.07) is 5.18. The molecule has 1 aromatic rings. The van der Waals surface area contributed by atoms with Crippen molar-refractivity contribution >= 4 is 17.5 Å². The van der Waals surface area contributed by atoms with Gasteiger partial charge in [-0.3, -0.25) is 14.5 Å². The number of nitrogens with zero attached hydrogens (tertiary/aromatic N) is 1. The Morgan fingerprint density at radius 2 is 1.78 bits per heavy atom. The van der Waals surface area contributed by atoms with Gasteiger partial charge in [0.15, 0.2) is 0 Å². The van der Waals surface area contributed by atoms with Gasteiger partial charge in [-0.25, -0.2) is 0 Å². The highest BCUT2D eigenvalue weighted by atomic mass is 16.2. The fourth-order valence-electron chi connectivity index (χ4n) is 2.63. The summed E-state index contributed by atoms with van der Waals surface area (Å²) in [6.45, 7) is 9.81. The van der Waals surface area contributed by atoms with Crippen LogP contribution in [0.4, 0.5) is 5.69 Å². The van der Waals surface area contributed by atoms with Gasteiger partial charge in [0.1, 0.15) is 0 Å². The maximum atomic E-state index is 12.6. The van der Waals surface area contributed by atoms with Gasteiger partial charge in [0, 0.05) is 18.3 Å². The molecule has 1 atom stereocenters. The maximum absolute atomic E-state index is 12.6. The molecule has 2 amide bonds. The monoisotopic (exact) mass is 319 g/mol. The Morgan fingerprint density at radius 1 is 1.17 bits per heavy atom. The summed E-state index contributed by atoms with van der Waals surface area (Å²) in [6.07, 6.45) is 2.03. The minimum absolute atomic E-state index is 0.0379. The molecule has 0 aliphatic heterocycles. The molecule has 128 valence electrons. The van der Waals surface area contributed by atoms with Crippen molar-refractivity contribution in [1.29, 1.82) is 0 Å². The summed E-state index contributed by atoms with van der Waals surface area (Å²) in [5.41, 5.74) is 2.05. The van der Waals surface area contributed by atoms with Crippen LogP contribution in [0.25, 0.3) is 0 Å². The lowest BCUT2D eigenvalue weighted by atomic mass is 10.1. The first-order chi connectivity index (χ1) is 11.0. The van der Waals surface area contributed by atoms with Crippen molar-refractivity contribution in [3.8, 4) is 0 Å². The van der Waals surface area contributed by atoms with Crippen molar-refractivity contribution in [3.05, 3.63) is 29.3 Å². The molecule has 23 heavy (non-hydrogen) atoms. The third-order valence-corrected chi connectivity index (χ3v) is 4.01. The van der Waals surface area contributed by atoms with Gasteiger partial charge in [0.2, 0.25) is 5.91 Å². The summed E-state index contributed by atoms with van der Waals surface area (Å²) < 4.78 is 0. The summed E-state index contributed by atoms with van der Waals surface area (Å²) in [5, 5.41) is 5.58.